The van der Waals surface area contributed by atoms with Crippen LogP contribution >= 0.6 is 0 Å². The monoisotopic (exact) mass is 263 g/mol. The predicted molar refractivity (Wildman–Crippen MR) is 66.0 cm³/mol. The van der Waals surface area contributed by atoms with E-state index in [9.17, 15) is 9.59 Å². The molecule has 0 aromatic carbocycles. The topological polar surface area (TPSA) is 189 Å². The molecule has 0 unspecified atom stereocenters. The fourth-order valence-electron chi connectivity index (χ4n) is 0.669. The lowest BCUT2D eigenvalue weighted by Gasteiger charge is -2.06. The third-order valence-electron chi connectivity index (χ3n) is 1.71. The van der Waals surface area contributed by atoms with Crippen LogP contribution in [0.5, 0.6) is 0 Å². The van der Waals surface area contributed by atoms with Crippen LogP contribution in [0.3, 0.4) is 0 Å². The molecule has 0 saturated heterocycles. The van der Waals surface area contributed by atoms with Crippen LogP contribution in [-0.2, 0) is 9.59 Å². The largest absolute Gasteiger partial charge is 0.480 e. The molecule has 0 radical (unpaired) electrons. The highest BCUT2D eigenvalue weighted by atomic mass is 16.4. The van der Waals surface area contributed by atoms with E-state index in [1.54, 1.807) is 0 Å². The molecule has 0 fully saturated rings. The molecule has 10 N–H and O–H groups in total. The number of hydrogen-bond acceptors (Lipinski definition) is 5. The van der Waals surface area contributed by atoms with Crippen molar-refractivity contribution < 1.29 is 19.8 Å². The maximum Gasteiger partial charge on any atom is 0.320 e. The minimum absolute atomic E-state index is 0.112. The molecule has 0 aromatic heterocycles. The molecule has 9 nitrogen and oxygen atoms in total. The van der Waals surface area contributed by atoms with Gasteiger partial charge in [0.15, 0.2) is 5.96 Å². The van der Waals surface area contributed by atoms with Crippen molar-refractivity contribution in [3.63, 3.8) is 0 Å². The summed E-state index contributed by atoms with van der Waals surface area (Å²) in [6.45, 7) is 1.90. The Hall–Kier alpha value is -1.87. The Balaban J connectivity index is 0. The number of aliphatic carboxylic acids is 2. The Morgan fingerprint density at radius 1 is 1.28 bits per heavy atom. The Labute approximate surface area is 105 Å². The van der Waals surface area contributed by atoms with Gasteiger partial charge in [0, 0.05) is 6.54 Å². The average molecular weight is 263 g/mol. The zero-order chi connectivity index (χ0) is 14.7. The van der Waals surface area contributed by atoms with Gasteiger partial charge in [0.25, 0.3) is 0 Å². The van der Waals surface area contributed by atoms with Gasteiger partial charge in [-0.1, -0.05) is 0 Å². The van der Waals surface area contributed by atoms with E-state index in [-0.39, 0.29) is 5.96 Å². The second-order valence-electron chi connectivity index (χ2n) is 3.55. The molecule has 9 heteroatoms. The number of nitrogens with two attached hydrogens (primary N) is 3. The van der Waals surface area contributed by atoms with E-state index in [1.165, 1.54) is 6.92 Å². The number of carbonyl (C=O) groups is 2. The van der Waals surface area contributed by atoms with Crippen molar-refractivity contribution in [3.8, 4) is 0 Å². The number of carboxylic acids is 2. The van der Waals surface area contributed by atoms with Gasteiger partial charge in [0.2, 0.25) is 0 Å². The van der Waals surface area contributed by atoms with Crippen LogP contribution in [0, 0.1) is 5.41 Å². The summed E-state index contributed by atoms with van der Waals surface area (Å²) in [5, 5.41) is 25.6. The number of carboxylic acid groups (broad SMARTS) is 2. The van der Waals surface area contributed by atoms with Crippen molar-refractivity contribution >= 4 is 17.9 Å². The van der Waals surface area contributed by atoms with Crippen molar-refractivity contribution in [2.24, 2.45) is 17.2 Å². The third-order valence-corrected chi connectivity index (χ3v) is 1.71. The molecule has 0 aliphatic carbocycles. The first-order valence-corrected chi connectivity index (χ1v) is 5.23. The van der Waals surface area contributed by atoms with E-state index in [1.807, 2.05) is 0 Å². The second kappa shape index (κ2) is 10.3. The number of rotatable bonds is 6. The van der Waals surface area contributed by atoms with Crippen molar-refractivity contribution in [2.45, 2.75) is 31.8 Å². The SMILES string of the molecule is C[C@H](N)C(=O)O.N=C(N)NCCC[C@H](N)C(=O)O. The lowest BCUT2D eigenvalue weighted by Crippen LogP contribution is -2.34. The van der Waals surface area contributed by atoms with Crippen LogP contribution in [0.2, 0.25) is 0 Å². The van der Waals surface area contributed by atoms with Crippen LogP contribution in [0.15, 0.2) is 0 Å². The van der Waals surface area contributed by atoms with E-state index < -0.39 is 24.0 Å². The summed E-state index contributed by atoms with van der Waals surface area (Å²) in [4.78, 5) is 19.8. The lowest BCUT2D eigenvalue weighted by atomic mass is 10.2. The van der Waals surface area contributed by atoms with Gasteiger partial charge in [0.1, 0.15) is 12.1 Å². The van der Waals surface area contributed by atoms with E-state index in [2.05, 4.69) is 5.32 Å². The first-order chi connectivity index (χ1) is 8.18. The predicted octanol–water partition coefficient (Wildman–Crippen LogP) is -1.92. The fourth-order valence-corrected chi connectivity index (χ4v) is 0.669. The van der Waals surface area contributed by atoms with Gasteiger partial charge in [0.05, 0.1) is 0 Å². The highest BCUT2D eigenvalue weighted by Gasteiger charge is 2.09. The molecule has 0 aliphatic heterocycles. The molecule has 2 atom stereocenters. The Kier molecular flexibility index (Phi) is 10.6. The van der Waals surface area contributed by atoms with E-state index >= 15 is 0 Å². The van der Waals surface area contributed by atoms with Gasteiger partial charge in [-0.2, -0.15) is 0 Å². The maximum atomic E-state index is 10.2. The summed E-state index contributed by atoms with van der Waals surface area (Å²) >= 11 is 0. The molecule has 106 valence electrons. The molecule has 0 aromatic rings. The maximum absolute atomic E-state index is 10.2. The van der Waals surface area contributed by atoms with Gasteiger partial charge in [-0.3, -0.25) is 15.0 Å². The van der Waals surface area contributed by atoms with Crippen molar-refractivity contribution in [1.82, 2.24) is 5.32 Å². The van der Waals surface area contributed by atoms with Crippen molar-refractivity contribution in [2.75, 3.05) is 6.54 Å². The molecule has 0 heterocycles. The lowest BCUT2D eigenvalue weighted by molar-refractivity contribution is -0.139. The smallest absolute Gasteiger partial charge is 0.320 e. The van der Waals surface area contributed by atoms with Gasteiger partial charge < -0.3 is 32.7 Å². The highest BCUT2D eigenvalue weighted by Crippen LogP contribution is 1.92. The summed E-state index contributed by atoms with van der Waals surface area (Å²) < 4.78 is 0. The van der Waals surface area contributed by atoms with E-state index in [4.69, 9.17) is 32.8 Å². The summed E-state index contributed by atoms with van der Waals surface area (Å²) in [6, 6.07) is -1.55. The third kappa shape index (κ3) is 14.1. The van der Waals surface area contributed by atoms with E-state index in [0.717, 1.165) is 0 Å². The molecule has 0 rings (SSSR count). The highest BCUT2D eigenvalue weighted by molar-refractivity contribution is 5.74. The van der Waals surface area contributed by atoms with Gasteiger partial charge >= 0.3 is 11.9 Å². The normalized spacial score (nSPS) is 12.6. The molecule has 0 spiro atoms. The zero-order valence-electron chi connectivity index (χ0n) is 10.2. The molecular weight excluding hydrogens is 242 g/mol. The average Bonchev–Trinajstić information content (AvgIpc) is 2.24. The van der Waals surface area contributed by atoms with Gasteiger partial charge in [-0.15, -0.1) is 0 Å². The van der Waals surface area contributed by atoms with Crippen molar-refractivity contribution in [3.05, 3.63) is 0 Å². The zero-order valence-corrected chi connectivity index (χ0v) is 10.2. The Morgan fingerprint density at radius 3 is 2.00 bits per heavy atom. The van der Waals surface area contributed by atoms with Crippen molar-refractivity contribution in [1.29, 1.82) is 5.41 Å². The summed E-state index contributed by atoms with van der Waals surface area (Å²) in [5.74, 6) is -2.08. The van der Waals surface area contributed by atoms with Crippen LogP contribution in [-0.4, -0.2) is 46.7 Å². The first kappa shape index (κ1) is 18.5. The Bertz CT molecular complexity index is 282. The number of guanidine groups is 1. The van der Waals surface area contributed by atoms with Gasteiger partial charge in [-0.25, -0.2) is 0 Å². The number of nitrogens with one attached hydrogen (secondary N) is 2. The van der Waals surface area contributed by atoms with E-state index in [0.29, 0.717) is 19.4 Å². The molecular formula is C9H21N5O4. The summed E-state index contributed by atoms with van der Waals surface area (Å²) in [5.41, 5.74) is 15.1. The molecule has 0 bridgehead atoms. The second-order valence-corrected chi connectivity index (χ2v) is 3.55. The van der Waals surface area contributed by atoms with Crippen LogP contribution in [0.1, 0.15) is 19.8 Å². The molecule has 0 aliphatic rings. The Morgan fingerprint density at radius 2 is 1.72 bits per heavy atom. The molecule has 18 heavy (non-hydrogen) atoms. The van der Waals surface area contributed by atoms with Gasteiger partial charge in [-0.05, 0) is 19.8 Å². The standard InChI is InChI=1S/C6H14N4O2.C3H7NO2/c7-4(5(11)12)2-1-3-10-6(8)9;1-2(4)3(5)6/h4H,1-3,7H2,(H,11,12)(H4,8,9,10);2H,4H2,1H3,(H,5,6)/t4-;2-/m00/s1. The summed E-state index contributed by atoms with van der Waals surface area (Å²) in [7, 11) is 0. The quantitative estimate of drug-likeness (QED) is 0.164. The number of hydrogen-bond donors (Lipinski definition) is 7. The minimum Gasteiger partial charge on any atom is -0.480 e. The van der Waals surface area contributed by atoms with Crippen LogP contribution in [0.25, 0.3) is 0 Å². The first-order valence-electron chi connectivity index (χ1n) is 5.23. The van der Waals surface area contributed by atoms with Crippen LogP contribution < -0.4 is 22.5 Å². The van der Waals surface area contributed by atoms with Crippen LogP contribution in [0.4, 0.5) is 0 Å². The minimum atomic E-state index is -1.00. The molecule has 0 amide bonds. The molecule has 0 saturated carbocycles. The summed E-state index contributed by atoms with van der Waals surface area (Å²) in [6.07, 6.45) is 0.975. The fraction of sp³-hybridized carbons (Fsp3) is 0.667.